The van der Waals surface area contributed by atoms with Gasteiger partial charge in [-0.2, -0.15) is 0 Å². The molecule has 1 aliphatic rings. The molecule has 2 rings (SSSR count). The van der Waals surface area contributed by atoms with Crippen molar-refractivity contribution in [2.75, 3.05) is 19.0 Å². The van der Waals surface area contributed by atoms with Gasteiger partial charge in [-0.3, -0.25) is 10.1 Å². The van der Waals surface area contributed by atoms with E-state index in [1.807, 2.05) is 50.2 Å². The van der Waals surface area contributed by atoms with Crippen LogP contribution in [0.15, 0.2) is 24.3 Å². The van der Waals surface area contributed by atoms with Crippen LogP contribution in [-0.2, 0) is 10.3 Å². The first-order valence-corrected chi connectivity index (χ1v) is 7.29. The second-order valence-corrected chi connectivity index (χ2v) is 6.06. The molecular weight excluding hydrogens is 250 g/mol. The Morgan fingerprint density at radius 1 is 1.25 bits per heavy atom. The number of hydrogen-bond donors (Lipinski definition) is 2. The molecule has 1 saturated carbocycles. The van der Waals surface area contributed by atoms with Crippen LogP contribution in [0.1, 0.15) is 38.2 Å². The number of nitrogens with zero attached hydrogens (tertiary/aromatic N) is 1. The average Bonchev–Trinajstić information content (AvgIpc) is 2.91. The van der Waals surface area contributed by atoms with Crippen molar-refractivity contribution in [2.24, 2.45) is 5.73 Å². The summed E-state index contributed by atoms with van der Waals surface area (Å²) < 4.78 is 0. The van der Waals surface area contributed by atoms with E-state index in [1.54, 1.807) is 0 Å². The summed E-state index contributed by atoms with van der Waals surface area (Å²) in [4.78, 5) is 14.0. The van der Waals surface area contributed by atoms with E-state index in [-0.39, 0.29) is 5.91 Å². The predicted octanol–water partition coefficient (Wildman–Crippen LogP) is 1.99. The molecule has 4 nitrogen and oxygen atoms in total. The summed E-state index contributed by atoms with van der Waals surface area (Å²) in [5.74, 6) is -0.318. The summed E-state index contributed by atoms with van der Waals surface area (Å²) in [6.45, 7) is 1.89. The number of carbonyl (C=O) groups is 1. The second-order valence-electron chi connectivity index (χ2n) is 6.06. The molecule has 20 heavy (non-hydrogen) atoms. The van der Waals surface area contributed by atoms with Gasteiger partial charge >= 0.3 is 0 Å². The van der Waals surface area contributed by atoms with E-state index < -0.39 is 5.54 Å². The molecule has 1 fully saturated rings. The summed E-state index contributed by atoms with van der Waals surface area (Å²) in [5.41, 5.74) is 6.92. The van der Waals surface area contributed by atoms with Crippen molar-refractivity contribution in [3.05, 3.63) is 29.8 Å². The SMILES string of the molecule is CN(C)c1ccc(C(C)(NC2CCCC2)C(N)=O)cc1. The molecule has 0 heterocycles. The summed E-state index contributed by atoms with van der Waals surface area (Å²) >= 11 is 0. The maximum atomic E-state index is 12.0. The number of anilines is 1. The standard InChI is InChI=1S/C16H25N3O/c1-16(15(17)20,18-13-6-4-5-7-13)12-8-10-14(11-9-12)19(2)3/h8-11,13,18H,4-7H2,1-3H3,(H2,17,20). The monoisotopic (exact) mass is 275 g/mol. The maximum Gasteiger partial charge on any atom is 0.242 e. The van der Waals surface area contributed by atoms with Crippen molar-refractivity contribution in [2.45, 2.75) is 44.2 Å². The number of nitrogens with one attached hydrogen (secondary N) is 1. The quantitative estimate of drug-likeness (QED) is 0.864. The van der Waals surface area contributed by atoms with E-state index in [0.29, 0.717) is 6.04 Å². The zero-order valence-corrected chi connectivity index (χ0v) is 12.6. The molecule has 1 unspecified atom stereocenters. The molecule has 1 aromatic carbocycles. The number of benzene rings is 1. The molecule has 0 radical (unpaired) electrons. The molecule has 1 aliphatic carbocycles. The summed E-state index contributed by atoms with van der Waals surface area (Å²) in [5, 5.41) is 3.47. The number of amides is 1. The van der Waals surface area contributed by atoms with Gasteiger partial charge in [-0.05, 0) is 37.5 Å². The Labute approximate surface area is 121 Å². The average molecular weight is 275 g/mol. The number of rotatable bonds is 5. The first-order valence-electron chi connectivity index (χ1n) is 7.29. The number of carbonyl (C=O) groups excluding carboxylic acids is 1. The Morgan fingerprint density at radius 3 is 2.25 bits per heavy atom. The molecular formula is C16H25N3O. The zero-order chi connectivity index (χ0) is 14.8. The van der Waals surface area contributed by atoms with Crippen LogP contribution in [0.5, 0.6) is 0 Å². The Hall–Kier alpha value is -1.55. The van der Waals surface area contributed by atoms with Gasteiger partial charge in [-0.25, -0.2) is 0 Å². The number of primary amides is 1. The minimum Gasteiger partial charge on any atom is -0.378 e. The van der Waals surface area contributed by atoms with Crippen LogP contribution in [0.3, 0.4) is 0 Å². The minimum atomic E-state index is -0.792. The van der Waals surface area contributed by atoms with Crippen molar-refractivity contribution >= 4 is 11.6 Å². The molecule has 0 bridgehead atoms. The van der Waals surface area contributed by atoms with Crippen LogP contribution in [-0.4, -0.2) is 26.0 Å². The normalized spacial score (nSPS) is 18.8. The topological polar surface area (TPSA) is 58.4 Å². The minimum absolute atomic E-state index is 0.318. The van der Waals surface area contributed by atoms with E-state index in [9.17, 15) is 4.79 Å². The molecule has 0 spiro atoms. The highest BCUT2D eigenvalue weighted by molar-refractivity contribution is 5.86. The third kappa shape index (κ3) is 2.96. The lowest BCUT2D eigenvalue weighted by Gasteiger charge is -2.32. The van der Waals surface area contributed by atoms with Crippen LogP contribution < -0.4 is 16.0 Å². The van der Waals surface area contributed by atoms with Crippen LogP contribution in [0.2, 0.25) is 0 Å². The lowest BCUT2D eigenvalue weighted by molar-refractivity contribution is -0.124. The van der Waals surface area contributed by atoms with E-state index in [1.165, 1.54) is 12.8 Å². The van der Waals surface area contributed by atoms with Gasteiger partial charge < -0.3 is 10.6 Å². The smallest absolute Gasteiger partial charge is 0.242 e. The van der Waals surface area contributed by atoms with E-state index in [0.717, 1.165) is 24.1 Å². The van der Waals surface area contributed by atoms with E-state index >= 15 is 0 Å². The van der Waals surface area contributed by atoms with E-state index in [2.05, 4.69) is 5.32 Å². The van der Waals surface area contributed by atoms with E-state index in [4.69, 9.17) is 5.73 Å². The van der Waals surface area contributed by atoms with Gasteiger partial charge in [-0.15, -0.1) is 0 Å². The first-order chi connectivity index (χ1) is 9.43. The van der Waals surface area contributed by atoms with Gasteiger partial charge in [-0.1, -0.05) is 25.0 Å². The molecule has 0 saturated heterocycles. The van der Waals surface area contributed by atoms with Crippen molar-refractivity contribution in [3.8, 4) is 0 Å². The molecule has 4 heteroatoms. The molecule has 0 aromatic heterocycles. The summed E-state index contributed by atoms with van der Waals surface area (Å²) in [7, 11) is 4.00. The second kappa shape index (κ2) is 5.83. The van der Waals surface area contributed by atoms with Crippen LogP contribution >= 0.6 is 0 Å². The van der Waals surface area contributed by atoms with Crippen molar-refractivity contribution < 1.29 is 4.79 Å². The zero-order valence-electron chi connectivity index (χ0n) is 12.6. The first kappa shape index (κ1) is 14.9. The molecule has 1 atom stereocenters. The summed E-state index contributed by atoms with van der Waals surface area (Å²) in [6.07, 6.45) is 4.70. The highest BCUT2D eigenvalue weighted by Gasteiger charge is 2.35. The molecule has 0 aliphatic heterocycles. The lowest BCUT2D eigenvalue weighted by atomic mass is 9.89. The predicted molar refractivity (Wildman–Crippen MR) is 82.7 cm³/mol. The molecule has 1 amide bonds. The van der Waals surface area contributed by atoms with Crippen LogP contribution in [0.25, 0.3) is 0 Å². The van der Waals surface area contributed by atoms with Crippen LogP contribution in [0, 0.1) is 0 Å². The van der Waals surface area contributed by atoms with Gasteiger partial charge in [0.2, 0.25) is 5.91 Å². The molecule has 110 valence electrons. The fourth-order valence-corrected chi connectivity index (χ4v) is 2.87. The Morgan fingerprint density at radius 2 is 1.80 bits per heavy atom. The van der Waals surface area contributed by atoms with Crippen molar-refractivity contribution in [3.63, 3.8) is 0 Å². The highest BCUT2D eigenvalue weighted by Crippen LogP contribution is 2.27. The lowest BCUT2D eigenvalue weighted by Crippen LogP contribution is -2.53. The highest BCUT2D eigenvalue weighted by atomic mass is 16.1. The third-order valence-corrected chi connectivity index (χ3v) is 4.30. The number of hydrogen-bond acceptors (Lipinski definition) is 3. The molecule has 3 N–H and O–H groups in total. The van der Waals surface area contributed by atoms with Gasteiger partial charge in [0.25, 0.3) is 0 Å². The fourth-order valence-electron chi connectivity index (χ4n) is 2.87. The fraction of sp³-hybridized carbons (Fsp3) is 0.562. The van der Waals surface area contributed by atoms with Crippen molar-refractivity contribution in [1.29, 1.82) is 0 Å². The largest absolute Gasteiger partial charge is 0.378 e. The maximum absolute atomic E-state index is 12.0. The van der Waals surface area contributed by atoms with Gasteiger partial charge in [0.05, 0.1) is 0 Å². The van der Waals surface area contributed by atoms with Gasteiger partial charge in [0, 0.05) is 25.8 Å². The van der Waals surface area contributed by atoms with Gasteiger partial charge in [0.15, 0.2) is 0 Å². The third-order valence-electron chi connectivity index (χ3n) is 4.30. The Bertz CT molecular complexity index is 463. The molecule has 1 aromatic rings. The summed E-state index contributed by atoms with van der Waals surface area (Å²) in [6, 6.07) is 8.41. The Kier molecular flexibility index (Phi) is 4.33. The van der Waals surface area contributed by atoms with Crippen LogP contribution in [0.4, 0.5) is 5.69 Å². The Balaban J connectivity index is 2.24. The van der Waals surface area contributed by atoms with Gasteiger partial charge in [0.1, 0.15) is 5.54 Å². The number of nitrogens with two attached hydrogens (primary N) is 1. The van der Waals surface area contributed by atoms with Crippen molar-refractivity contribution in [1.82, 2.24) is 5.32 Å².